The van der Waals surface area contributed by atoms with Crippen molar-refractivity contribution < 1.29 is 9.59 Å². The lowest BCUT2D eigenvalue weighted by molar-refractivity contribution is -0.116. The molecule has 0 saturated heterocycles. The first-order chi connectivity index (χ1) is 13.2. The summed E-state index contributed by atoms with van der Waals surface area (Å²) in [5.74, 6) is -0.340. The Hall–Kier alpha value is -3.47. The molecule has 2 N–H and O–H groups in total. The fourth-order valence-electron chi connectivity index (χ4n) is 2.67. The molecule has 0 spiro atoms. The van der Waals surface area contributed by atoms with Crippen LogP contribution in [0.5, 0.6) is 0 Å². The molecule has 0 unspecified atom stereocenters. The third kappa shape index (κ3) is 5.01. The topological polar surface area (TPSA) is 70.6 Å². The molecule has 0 aliphatic rings. The second-order valence-corrected chi connectivity index (χ2v) is 6.18. The molecule has 136 valence electrons. The molecule has 0 aliphatic carbocycles. The van der Waals surface area contributed by atoms with E-state index >= 15 is 0 Å². The summed E-state index contributed by atoms with van der Waals surface area (Å²) in [5, 5.41) is 9.09. The number of rotatable bonds is 6. The lowest BCUT2D eigenvalue weighted by atomic mass is 10.1. The van der Waals surface area contributed by atoms with E-state index in [1.807, 2.05) is 49.4 Å². The van der Waals surface area contributed by atoms with Crippen molar-refractivity contribution in [1.29, 1.82) is 0 Å². The molecule has 0 saturated carbocycles. The Morgan fingerprint density at radius 3 is 2.44 bits per heavy atom. The Balaban J connectivity index is 1.59. The minimum Gasteiger partial charge on any atom is -0.326 e. The highest BCUT2D eigenvalue weighted by Gasteiger charge is 2.05. The van der Waals surface area contributed by atoms with Gasteiger partial charge in [-0.05, 0) is 53.1 Å². The lowest BCUT2D eigenvalue weighted by Gasteiger charge is -2.05. The minimum atomic E-state index is -0.307. The molecule has 0 radical (unpaired) electrons. The van der Waals surface area contributed by atoms with E-state index in [0.29, 0.717) is 17.7 Å². The average molecular weight is 359 g/mol. The molecule has 5 nitrogen and oxygen atoms in total. The summed E-state index contributed by atoms with van der Waals surface area (Å²) in [7, 11) is 0. The number of hydrogen-bond donors (Lipinski definition) is 2. The van der Waals surface area contributed by atoms with Gasteiger partial charge in [-0.25, -0.2) is 5.43 Å². The van der Waals surface area contributed by atoms with E-state index in [-0.39, 0.29) is 11.8 Å². The van der Waals surface area contributed by atoms with Gasteiger partial charge in [0.2, 0.25) is 5.91 Å². The fraction of sp³-hybridized carbons (Fsp3) is 0.136. The fourth-order valence-corrected chi connectivity index (χ4v) is 2.67. The number of nitrogens with one attached hydrogen (secondary N) is 2. The van der Waals surface area contributed by atoms with E-state index in [1.54, 1.807) is 30.5 Å². The molecule has 0 bridgehead atoms. The van der Waals surface area contributed by atoms with Gasteiger partial charge in [0, 0.05) is 17.7 Å². The molecular weight excluding hydrogens is 338 g/mol. The third-order valence-corrected chi connectivity index (χ3v) is 4.06. The smallest absolute Gasteiger partial charge is 0.271 e. The lowest BCUT2D eigenvalue weighted by Crippen LogP contribution is -2.17. The number of carbonyl (C=O) groups is 2. The second kappa shape index (κ2) is 8.76. The Morgan fingerprint density at radius 1 is 0.963 bits per heavy atom. The molecule has 0 heterocycles. The molecule has 5 heteroatoms. The van der Waals surface area contributed by atoms with E-state index in [4.69, 9.17) is 0 Å². The Morgan fingerprint density at radius 2 is 1.70 bits per heavy atom. The zero-order chi connectivity index (χ0) is 19.1. The van der Waals surface area contributed by atoms with Crippen molar-refractivity contribution in [3.05, 3.63) is 77.9 Å². The van der Waals surface area contributed by atoms with Crippen LogP contribution in [0.4, 0.5) is 5.69 Å². The highest BCUT2D eigenvalue weighted by atomic mass is 16.2. The van der Waals surface area contributed by atoms with Gasteiger partial charge in [0.25, 0.3) is 5.91 Å². The van der Waals surface area contributed by atoms with Crippen LogP contribution < -0.4 is 10.7 Å². The predicted octanol–water partition coefficient (Wildman–Crippen LogP) is 4.34. The van der Waals surface area contributed by atoms with Gasteiger partial charge in [0.15, 0.2) is 0 Å². The highest BCUT2D eigenvalue weighted by molar-refractivity contribution is 5.96. The molecule has 0 atom stereocenters. The molecule has 3 aromatic carbocycles. The molecule has 0 fully saturated rings. The van der Waals surface area contributed by atoms with Gasteiger partial charge < -0.3 is 5.32 Å². The van der Waals surface area contributed by atoms with Gasteiger partial charge in [0.05, 0.1) is 6.21 Å². The van der Waals surface area contributed by atoms with Crippen LogP contribution >= 0.6 is 0 Å². The maximum absolute atomic E-state index is 12.2. The molecule has 0 aliphatic heterocycles. The number of anilines is 1. The zero-order valence-corrected chi connectivity index (χ0v) is 15.1. The van der Waals surface area contributed by atoms with Crippen LogP contribution in [0.25, 0.3) is 10.8 Å². The summed E-state index contributed by atoms with van der Waals surface area (Å²) < 4.78 is 0. The van der Waals surface area contributed by atoms with Crippen LogP contribution in [0.2, 0.25) is 0 Å². The second-order valence-electron chi connectivity index (χ2n) is 6.18. The van der Waals surface area contributed by atoms with E-state index in [2.05, 4.69) is 15.8 Å². The van der Waals surface area contributed by atoms with Crippen molar-refractivity contribution in [2.45, 2.75) is 19.8 Å². The van der Waals surface area contributed by atoms with Gasteiger partial charge >= 0.3 is 0 Å². The monoisotopic (exact) mass is 359 g/mol. The van der Waals surface area contributed by atoms with Crippen LogP contribution in [0.15, 0.2) is 71.8 Å². The predicted molar refractivity (Wildman–Crippen MR) is 109 cm³/mol. The quantitative estimate of drug-likeness (QED) is 0.508. The summed E-state index contributed by atoms with van der Waals surface area (Å²) in [6.45, 7) is 1.95. The normalized spacial score (nSPS) is 10.9. The first-order valence-electron chi connectivity index (χ1n) is 8.88. The summed E-state index contributed by atoms with van der Waals surface area (Å²) >= 11 is 0. The average Bonchev–Trinajstić information content (AvgIpc) is 2.68. The highest BCUT2D eigenvalue weighted by Crippen LogP contribution is 2.14. The van der Waals surface area contributed by atoms with Gasteiger partial charge in [-0.2, -0.15) is 5.10 Å². The van der Waals surface area contributed by atoms with Crippen LogP contribution in [0.1, 0.15) is 35.7 Å². The van der Waals surface area contributed by atoms with Crippen LogP contribution in [-0.2, 0) is 4.79 Å². The van der Waals surface area contributed by atoms with Crippen LogP contribution in [0.3, 0.4) is 0 Å². The van der Waals surface area contributed by atoms with E-state index < -0.39 is 0 Å². The SMILES string of the molecule is CCCC(=O)Nc1ccc(C(=O)NN=Cc2ccc3ccccc3c2)cc1. The molecule has 0 aromatic heterocycles. The van der Waals surface area contributed by atoms with Gasteiger partial charge in [-0.1, -0.05) is 43.3 Å². The molecular formula is C22H21N3O2. The van der Waals surface area contributed by atoms with Crippen molar-refractivity contribution in [3.8, 4) is 0 Å². The molecule has 3 aromatic rings. The number of amides is 2. The van der Waals surface area contributed by atoms with Gasteiger partial charge in [-0.15, -0.1) is 0 Å². The number of carbonyl (C=O) groups excluding carboxylic acids is 2. The maximum atomic E-state index is 12.2. The summed E-state index contributed by atoms with van der Waals surface area (Å²) in [6, 6.07) is 20.8. The standard InChI is InChI=1S/C22H21N3O2/c1-2-5-21(26)24-20-12-10-18(11-13-20)22(27)25-23-15-16-8-9-17-6-3-4-7-19(17)14-16/h3-4,6-15H,2,5H2,1H3,(H,24,26)(H,25,27). The number of hydrogen-bond acceptors (Lipinski definition) is 3. The number of benzene rings is 3. The zero-order valence-electron chi connectivity index (χ0n) is 15.1. The van der Waals surface area contributed by atoms with E-state index in [9.17, 15) is 9.59 Å². The first-order valence-corrected chi connectivity index (χ1v) is 8.88. The number of nitrogens with zero attached hydrogens (tertiary/aromatic N) is 1. The minimum absolute atomic E-state index is 0.0327. The summed E-state index contributed by atoms with van der Waals surface area (Å²) in [5.41, 5.74) is 4.57. The molecule has 3 rings (SSSR count). The summed E-state index contributed by atoms with van der Waals surface area (Å²) in [6.07, 6.45) is 2.89. The Kier molecular flexibility index (Phi) is 5.94. The van der Waals surface area contributed by atoms with Crippen molar-refractivity contribution in [3.63, 3.8) is 0 Å². The largest absolute Gasteiger partial charge is 0.326 e. The first kappa shape index (κ1) is 18.3. The van der Waals surface area contributed by atoms with Crippen LogP contribution in [-0.4, -0.2) is 18.0 Å². The van der Waals surface area contributed by atoms with Gasteiger partial charge in [-0.3, -0.25) is 9.59 Å². The number of fused-ring (bicyclic) bond motifs is 1. The van der Waals surface area contributed by atoms with Crippen molar-refractivity contribution in [2.24, 2.45) is 5.10 Å². The van der Waals surface area contributed by atoms with E-state index in [1.165, 1.54) is 0 Å². The van der Waals surface area contributed by atoms with Crippen molar-refractivity contribution in [1.82, 2.24) is 5.43 Å². The molecule has 2 amide bonds. The van der Waals surface area contributed by atoms with Crippen molar-refractivity contribution >= 4 is 34.5 Å². The van der Waals surface area contributed by atoms with Crippen LogP contribution in [0, 0.1) is 0 Å². The molecule has 27 heavy (non-hydrogen) atoms. The summed E-state index contributed by atoms with van der Waals surface area (Å²) in [4.78, 5) is 23.8. The third-order valence-electron chi connectivity index (χ3n) is 4.06. The van der Waals surface area contributed by atoms with Crippen molar-refractivity contribution in [2.75, 3.05) is 5.32 Å². The Labute approximate surface area is 158 Å². The maximum Gasteiger partial charge on any atom is 0.271 e. The Bertz CT molecular complexity index is 978. The van der Waals surface area contributed by atoms with Gasteiger partial charge in [0.1, 0.15) is 0 Å². The number of hydrazone groups is 1. The van der Waals surface area contributed by atoms with E-state index in [0.717, 1.165) is 22.8 Å².